The van der Waals surface area contributed by atoms with Crippen LogP contribution in [-0.4, -0.2) is 31.1 Å². The number of nitrogens with one attached hydrogen (secondary N) is 1. The van der Waals surface area contributed by atoms with E-state index in [2.05, 4.69) is 47.5 Å². The lowest BCUT2D eigenvalue weighted by atomic mass is 10.0. The summed E-state index contributed by atoms with van der Waals surface area (Å²) in [6.07, 6.45) is 1.18. The quantitative estimate of drug-likeness (QED) is 0.658. The molecular formula is C23H26N2OS. The average molecular weight is 379 g/mol. The molecule has 1 unspecified atom stereocenters. The van der Waals surface area contributed by atoms with Gasteiger partial charge in [0, 0.05) is 29.4 Å². The van der Waals surface area contributed by atoms with Crippen LogP contribution in [0.1, 0.15) is 27.8 Å². The molecule has 4 rings (SSSR count). The van der Waals surface area contributed by atoms with Crippen LogP contribution in [0.25, 0.3) is 0 Å². The first-order chi connectivity index (χ1) is 13.3. The van der Waals surface area contributed by atoms with E-state index in [1.54, 1.807) is 0 Å². The van der Waals surface area contributed by atoms with Crippen LogP contribution in [0.5, 0.6) is 11.5 Å². The van der Waals surface area contributed by atoms with Crippen molar-refractivity contribution in [3.05, 3.63) is 82.0 Å². The Kier molecular flexibility index (Phi) is 5.87. The molecule has 1 fully saturated rings. The largest absolute Gasteiger partial charge is 0.457 e. The molecule has 1 atom stereocenters. The van der Waals surface area contributed by atoms with Crippen molar-refractivity contribution in [3.63, 3.8) is 0 Å². The van der Waals surface area contributed by atoms with Crippen LogP contribution in [0.3, 0.4) is 0 Å². The summed E-state index contributed by atoms with van der Waals surface area (Å²) in [5, 5.41) is 3.52. The Hall–Kier alpha value is -2.14. The number of para-hydroxylation sites is 1. The summed E-state index contributed by atoms with van der Waals surface area (Å²) in [5.74, 6) is 1.77. The fourth-order valence-electron chi connectivity index (χ4n) is 3.65. The van der Waals surface area contributed by atoms with E-state index in [1.807, 2.05) is 47.7 Å². The number of hydrogen-bond acceptors (Lipinski definition) is 4. The van der Waals surface area contributed by atoms with Crippen LogP contribution in [0.4, 0.5) is 0 Å². The third kappa shape index (κ3) is 4.59. The summed E-state index contributed by atoms with van der Waals surface area (Å²) in [4.78, 5) is 5.37. The van der Waals surface area contributed by atoms with Crippen molar-refractivity contribution in [2.45, 2.75) is 19.4 Å². The molecule has 2 aromatic carbocycles. The van der Waals surface area contributed by atoms with Crippen LogP contribution >= 0.6 is 11.3 Å². The van der Waals surface area contributed by atoms with Crippen molar-refractivity contribution in [3.8, 4) is 11.5 Å². The van der Waals surface area contributed by atoms with E-state index in [9.17, 15) is 0 Å². The molecule has 0 saturated carbocycles. The van der Waals surface area contributed by atoms with Crippen LogP contribution < -0.4 is 10.1 Å². The maximum absolute atomic E-state index is 6.09. The number of benzene rings is 2. The maximum atomic E-state index is 6.09. The highest BCUT2D eigenvalue weighted by atomic mass is 32.1. The molecule has 140 valence electrons. The number of thiophene rings is 1. The highest BCUT2D eigenvalue weighted by molar-refractivity contribution is 7.12. The number of hydrogen-bond donors (Lipinski definition) is 1. The average Bonchev–Trinajstić information content (AvgIpc) is 2.94. The van der Waals surface area contributed by atoms with Crippen molar-refractivity contribution in [2.75, 3.05) is 26.2 Å². The molecule has 1 aliphatic heterocycles. The molecule has 1 aliphatic rings. The van der Waals surface area contributed by atoms with Crippen LogP contribution in [0.2, 0.25) is 0 Å². The van der Waals surface area contributed by atoms with E-state index in [1.165, 1.54) is 21.7 Å². The topological polar surface area (TPSA) is 24.5 Å². The zero-order valence-electron chi connectivity index (χ0n) is 15.7. The lowest BCUT2D eigenvalue weighted by Crippen LogP contribution is -2.32. The van der Waals surface area contributed by atoms with Gasteiger partial charge in [-0.25, -0.2) is 0 Å². The van der Waals surface area contributed by atoms with Crippen molar-refractivity contribution in [1.29, 1.82) is 0 Å². The summed E-state index contributed by atoms with van der Waals surface area (Å²) in [6.45, 7) is 6.50. The molecule has 4 heteroatoms. The minimum Gasteiger partial charge on any atom is -0.457 e. The lowest BCUT2D eigenvalue weighted by Gasteiger charge is -2.30. The second-order valence-corrected chi connectivity index (χ2v) is 8.30. The highest BCUT2D eigenvalue weighted by Crippen LogP contribution is 2.35. The van der Waals surface area contributed by atoms with Gasteiger partial charge in [-0.2, -0.15) is 0 Å². The van der Waals surface area contributed by atoms with Crippen molar-refractivity contribution < 1.29 is 4.74 Å². The molecule has 1 aromatic heterocycles. The van der Waals surface area contributed by atoms with E-state index in [0.717, 1.165) is 37.7 Å². The first-order valence-corrected chi connectivity index (χ1v) is 10.5. The van der Waals surface area contributed by atoms with Crippen molar-refractivity contribution >= 4 is 11.3 Å². The van der Waals surface area contributed by atoms with Gasteiger partial charge >= 0.3 is 0 Å². The normalized spacial score (nSPS) is 16.6. The third-order valence-electron chi connectivity index (χ3n) is 4.92. The van der Waals surface area contributed by atoms with Crippen molar-refractivity contribution in [2.24, 2.45) is 0 Å². The molecule has 1 saturated heterocycles. The Morgan fingerprint density at radius 3 is 2.59 bits per heavy atom. The number of nitrogens with zero attached hydrogens (tertiary/aromatic N) is 1. The Labute approximate surface area is 165 Å². The number of aryl methyl sites for hydroxylation is 1. The summed E-state index contributed by atoms with van der Waals surface area (Å²) in [5.41, 5.74) is 1.30. The van der Waals surface area contributed by atoms with Gasteiger partial charge in [-0.15, -0.1) is 11.3 Å². The Morgan fingerprint density at radius 1 is 0.926 bits per heavy atom. The van der Waals surface area contributed by atoms with E-state index >= 15 is 0 Å². The smallest absolute Gasteiger partial charge is 0.127 e. The van der Waals surface area contributed by atoms with Gasteiger partial charge < -0.3 is 10.1 Å². The van der Waals surface area contributed by atoms with Gasteiger partial charge in [-0.3, -0.25) is 4.90 Å². The van der Waals surface area contributed by atoms with Gasteiger partial charge in [0.2, 0.25) is 0 Å². The Bertz CT molecular complexity index is 854. The Morgan fingerprint density at radius 2 is 1.78 bits per heavy atom. The van der Waals surface area contributed by atoms with E-state index in [-0.39, 0.29) is 6.04 Å². The minimum absolute atomic E-state index is 0.280. The van der Waals surface area contributed by atoms with Crippen LogP contribution in [-0.2, 0) is 0 Å². The predicted molar refractivity (Wildman–Crippen MR) is 113 cm³/mol. The standard InChI is InChI=1S/C23H26N2OS/c1-18-11-12-22(27-18)23(25-15-6-13-24-14-16-25)19-7-5-10-21(17-19)26-20-8-3-2-4-9-20/h2-5,7-12,17,23-24H,6,13-16H2,1H3. The van der Waals surface area contributed by atoms with E-state index < -0.39 is 0 Å². The van der Waals surface area contributed by atoms with Crippen molar-refractivity contribution in [1.82, 2.24) is 10.2 Å². The summed E-state index contributed by atoms with van der Waals surface area (Å²) in [7, 11) is 0. The fourth-order valence-corrected chi connectivity index (χ4v) is 4.69. The molecule has 0 radical (unpaired) electrons. The highest BCUT2D eigenvalue weighted by Gasteiger charge is 2.24. The van der Waals surface area contributed by atoms with Gasteiger partial charge in [0.1, 0.15) is 11.5 Å². The SMILES string of the molecule is Cc1ccc(C(c2cccc(Oc3ccccc3)c2)N2CCCNCC2)s1. The molecule has 0 amide bonds. The number of ether oxygens (including phenoxy) is 1. The molecule has 0 aliphatic carbocycles. The number of rotatable bonds is 5. The summed E-state index contributed by atoms with van der Waals surface area (Å²) >= 11 is 1.90. The summed E-state index contributed by atoms with van der Waals surface area (Å²) < 4.78 is 6.09. The third-order valence-corrected chi connectivity index (χ3v) is 5.98. The zero-order chi connectivity index (χ0) is 18.5. The molecule has 27 heavy (non-hydrogen) atoms. The maximum Gasteiger partial charge on any atom is 0.127 e. The molecule has 3 aromatic rings. The van der Waals surface area contributed by atoms with Gasteiger partial charge in [0.15, 0.2) is 0 Å². The molecule has 0 spiro atoms. The zero-order valence-corrected chi connectivity index (χ0v) is 16.5. The molecule has 2 heterocycles. The Balaban J connectivity index is 1.66. The summed E-state index contributed by atoms with van der Waals surface area (Å²) in [6, 6.07) is 23.4. The molecule has 1 N–H and O–H groups in total. The predicted octanol–water partition coefficient (Wildman–Crippen LogP) is 5.23. The first kappa shape index (κ1) is 18.2. The van der Waals surface area contributed by atoms with Gasteiger partial charge in [0.05, 0.1) is 6.04 Å². The van der Waals surface area contributed by atoms with E-state index in [4.69, 9.17) is 4.74 Å². The molecule has 3 nitrogen and oxygen atoms in total. The fraction of sp³-hybridized carbons (Fsp3) is 0.304. The van der Waals surface area contributed by atoms with Crippen LogP contribution in [0.15, 0.2) is 66.7 Å². The van der Waals surface area contributed by atoms with Crippen LogP contribution in [0, 0.1) is 6.92 Å². The first-order valence-electron chi connectivity index (χ1n) is 9.63. The monoisotopic (exact) mass is 378 g/mol. The molecule has 0 bridgehead atoms. The molecular weight excluding hydrogens is 352 g/mol. The second kappa shape index (κ2) is 8.70. The van der Waals surface area contributed by atoms with Gasteiger partial charge in [-0.05, 0) is 61.9 Å². The lowest BCUT2D eigenvalue weighted by molar-refractivity contribution is 0.243. The van der Waals surface area contributed by atoms with Gasteiger partial charge in [-0.1, -0.05) is 30.3 Å². The minimum atomic E-state index is 0.280. The van der Waals surface area contributed by atoms with Gasteiger partial charge in [0.25, 0.3) is 0 Å². The second-order valence-electron chi connectivity index (χ2n) is 6.98. The van der Waals surface area contributed by atoms with E-state index in [0.29, 0.717) is 0 Å².